The van der Waals surface area contributed by atoms with Crippen molar-refractivity contribution >= 4 is 24.8 Å². The first kappa shape index (κ1) is 52.9. The summed E-state index contributed by atoms with van der Waals surface area (Å²) in [6.45, 7) is 0. The predicted octanol–water partition coefficient (Wildman–Crippen LogP) is 0.0164. The largest absolute Gasteiger partial charge is 0.412 e. The molecule has 0 saturated carbocycles. The second kappa shape index (κ2) is 25.8. The smallest absolute Gasteiger partial charge is 0 e. The fourth-order valence-electron chi connectivity index (χ4n) is 0. The summed E-state index contributed by atoms with van der Waals surface area (Å²) in [5.74, 6) is 0. The van der Waals surface area contributed by atoms with Gasteiger partial charge in [-0.15, -0.1) is 24.8 Å². The molecule has 0 aliphatic heterocycles. The molecule has 4 heavy (non-hydrogen) atoms. The van der Waals surface area contributed by atoms with Crippen LogP contribution in [0.1, 0.15) is 0 Å². The van der Waals surface area contributed by atoms with Crippen LogP contribution in [0.2, 0.25) is 0 Å². The van der Waals surface area contributed by atoms with Crippen LogP contribution in [0.3, 0.4) is 0 Å². The van der Waals surface area contributed by atoms with E-state index < -0.39 is 0 Å². The molecule has 0 amide bonds. The van der Waals surface area contributed by atoms with Crippen LogP contribution in [0.4, 0.5) is 0 Å². The van der Waals surface area contributed by atoms with Gasteiger partial charge in [-0.25, -0.2) is 0 Å². The van der Waals surface area contributed by atoms with Crippen molar-refractivity contribution < 1.29 is 31.3 Å². The molecule has 0 atom stereocenters. The van der Waals surface area contributed by atoms with E-state index in [2.05, 4.69) is 0 Å². The molecular formula is H4Cl2HfO. The van der Waals surface area contributed by atoms with Crippen LogP contribution in [0, 0.1) is 0 Å². The third-order valence-electron chi connectivity index (χ3n) is 0. The van der Waals surface area contributed by atoms with Crippen LogP contribution in [-0.4, -0.2) is 5.48 Å². The first-order valence-electron chi connectivity index (χ1n) is 0. The molecule has 0 bridgehead atoms. The summed E-state index contributed by atoms with van der Waals surface area (Å²) in [4.78, 5) is 0. The van der Waals surface area contributed by atoms with E-state index in [-0.39, 0.29) is 56.1 Å². The van der Waals surface area contributed by atoms with Crippen molar-refractivity contribution in [2.45, 2.75) is 0 Å². The average molecular weight is 269 g/mol. The molecule has 0 rings (SSSR count). The third kappa shape index (κ3) is 9.96. The molecule has 1 nitrogen and oxygen atoms in total. The van der Waals surface area contributed by atoms with Crippen molar-refractivity contribution in [1.82, 2.24) is 0 Å². The van der Waals surface area contributed by atoms with E-state index in [4.69, 9.17) is 0 Å². The van der Waals surface area contributed by atoms with E-state index in [1.807, 2.05) is 0 Å². The van der Waals surface area contributed by atoms with E-state index in [1.165, 1.54) is 0 Å². The number of hydrogen-bond acceptors (Lipinski definition) is 0. The average Bonchev–Trinajstić information content (AvgIpc) is 0. The summed E-state index contributed by atoms with van der Waals surface area (Å²) in [5, 5.41) is 0. The van der Waals surface area contributed by atoms with Gasteiger partial charge in [0.15, 0.2) is 0 Å². The van der Waals surface area contributed by atoms with Crippen LogP contribution < -0.4 is 0 Å². The molecule has 0 aromatic rings. The maximum Gasteiger partial charge on any atom is 0 e. The molecule has 28 valence electrons. The topological polar surface area (TPSA) is 31.5 Å². The number of rotatable bonds is 0. The Morgan fingerprint density at radius 2 is 0.750 bits per heavy atom. The molecule has 0 spiro atoms. The normalized spacial score (nSPS) is 0. The van der Waals surface area contributed by atoms with Gasteiger partial charge in [-0.1, -0.05) is 0 Å². The van der Waals surface area contributed by atoms with Crippen molar-refractivity contribution in [1.29, 1.82) is 0 Å². The summed E-state index contributed by atoms with van der Waals surface area (Å²) in [6.07, 6.45) is 0. The van der Waals surface area contributed by atoms with Gasteiger partial charge in [-0.05, 0) is 0 Å². The zero-order chi connectivity index (χ0) is 0. The van der Waals surface area contributed by atoms with E-state index >= 15 is 0 Å². The number of hydrogen-bond donors (Lipinski definition) is 0. The first-order valence-corrected chi connectivity index (χ1v) is 0. The van der Waals surface area contributed by atoms with Gasteiger partial charge >= 0.3 is 0 Å². The zero-order valence-electron chi connectivity index (χ0n) is 1.82. The van der Waals surface area contributed by atoms with Gasteiger partial charge in [0.2, 0.25) is 0 Å². The van der Waals surface area contributed by atoms with Crippen LogP contribution in [0.5, 0.6) is 0 Å². The molecule has 0 radical (unpaired) electrons. The van der Waals surface area contributed by atoms with E-state index in [9.17, 15) is 0 Å². The third-order valence-corrected chi connectivity index (χ3v) is 0. The SMILES string of the molecule is Cl.Cl.O.[Hf]. The minimum Gasteiger partial charge on any atom is -0.412 e. The van der Waals surface area contributed by atoms with Crippen molar-refractivity contribution in [2.75, 3.05) is 0 Å². The molecule has 0 unspecified atom stereocenters. The second-order valence-corrected chi connectivity index (χ2v) is 0. The van der Waals surface area contributed by atoms with Gasteiger partial charge in [0.25, 0.3) is 0 Å². The summed E-state index contributed by atoms with van der Waals surface area (Å²) < 4.78 is 0. The predicted molar refractivity (Wildman–Crippen MR) is 18.1 cm³/mol. The summed E-state index contributed by atoms with van der Waals surface area (Å²) in [7, 11) is 0. The summed E-state index contributed by atoms with van der Waals surface area (Å²) >= 11 is 0. The van der Waals surface area contributed by atoms with Crippen LogP contribution in [0.15, 0.2) is 0 Å². The maximum absolute atomic E-state index is 0. The summed E-state index contributed by atoms with van der Waals surface area (Å²) in [5.41, 5.74) is 0. The monoisotopic (exact) mass is 270 g/mol. The quantitative estimate of drug-likeness (QED) is 0.555. The Bertz CT molecular complexity index is 6.00. The number of halogens is 2. The Balaban J connectivity index is 0. The van der Waals surface area contributed by atoms with Gasteiger partial charge in [-0.2, -0.15) is 0 Å². The molecule has 4 heteroatoms. The fraction of sp³-hybridized carbons (Fsp3) is 0. The molecular weight excluding hydrogens is 265 g/mol. The van der Waals surface area contributed by atoms with Crippen LogP contribution in [0.25, 0.3) is 0 Å². The molecule has 0 aliphatic carbocycles. The fourth-order valence-corrected chi connectivity index (χ4v) is 0. The Hall–Kier alpha value is 1.41. The standard InChI is InChI=1S/2ClH.Hf.H2O/h2*1H;;1H2. The molecule has 0 saturated heterocycles. The Labute approximate surface area is 56.1 Å². The van der Waals surface area contributed by atoms with Gasteiger partial charge in [0, 0.05) is 25.8 Å². The van der Waals surface area contributed by atoms with Crippen molar-refractivity contribution in [2.24, 2.45) is 0 Å². The van der Waals surface area contributed by atoms with E-state index in [0.29, 0.717) is 0 Å². The van der Waals surface area contributed by atoms with E-state index in [0.717, 1.165) is 0 Å². The van der Waals surface area contributed by atoms with E-state index in [1.54, 1.807) is 0 Å². The Morgan fingerprint density at radius 1 is 0.750 bits per heavy atom. The molecule has 0 aromatic heterocycles. The minimum absolute atomic E-state index is 0. The Morgan fingerprint density at radius 3 is 0.750 bits per heavy atom. The zero-order valence-corrected chi connectivity index (χ0v) is 7.04. The van der Waals surface area contributed by atoms with Gasteiger partial charge in [0.1, 0.15) is 0 Å². The van der Waals surface area contributed by atoms with Crippen LogP contribution >= 0.6 is 24.8 Å². The molecule has 0 fully saturated rings. The maximum atomic E-state index is 0. The molecule has 2 N–H and O–H groups in total. The molecule has 0 aliphatic rings. The summed E-state index contributed by atoms with van der Waals surface area (Å²) in [6, 6.07) is 0. The van der Waals surface area contributed by atoms with Gasteiger partial charge in [0.05, 0.1) is 0 Å². The minimum atomic E-state index is 0. The van der Waals surface area contributed by atoms with Crippen molar-refractivity contribution in [3.8, 4) is 0 Å². The first-order chi connectivity index (χ1) is 0. The van der Waals surface area contributed by atoms with Crippen LogP contribution in [-0.2, 0) is 25.8 Å². The molecule has 0 aromatic carbocycles. The van der Waals surface area contributed by atoms with Crippen molar-refractivity contribution in [3.63, 3.8) is 0 Å². The van der Waals surface area contributed by atoms with Gasteiger partial charge < -0.3 is 5.48 Å². The van der Waals surface area contributed by atoms with Gasteiger partial charge in [-0.3, -0.25) is 0 Å². The second-order valence-electron chi connectivity index (χ2n) is 0. The van der Waals surface area contributed by atoms with Crippen molar-refractivity contribution in [3.05, 3.63) is 0 Å². The molecule has 0 heterocycles. The Kier molecular flexibility index (Phi) is 341.